The standard InChI is InChI=1S/C10H21N3O/c1-8(2)13-6-4-9(5-7-13)12-10(14)11-3/h8-9H,4-7H2,1-3H3,(H2,11,12,14). The molecule has 0 unspecified atom stereocenters. The molecule has 82 valence electrons. The van der Waals surface area contributed by atoms with E-state index in [2.05, 4.69) is 29.4 Å². The maximum atomic E-state index is 11.1. The van der Waals surface area contributed by atoms with Crippen LogP contribution in [0, 0.1) is 0 Å². The molecule has 2 N–H and O–H groups in total. The van der Waals surface area contributed by atoms with Crippen molar-refractivity contribution in [3.63, 3.8) is 0 Å². The Hall–Kier alpha value is -0.770. The van der Waals surface area contributed by atoms with Crippen molar-refractivity contribution in [1.82, 2.24) is 15.5 Å². The molecule has 4 heteroatoms. The summed E-state index contributed by atoms with van der Waals surface area (Å²) >= 11 is 0. The Labute approximate surface area is 86.0 Å². The number of urea groups is 1. The first-order valence-corrected chi connectivity index (χ1v) is 5.35. The number of piperidine rings is 1. The summed E-state index contributed by atoms with van der Waals surface area (Å²) in [7, 11) is 1.65. The van der Waals surface area contributed by atoms with E-state index < -0.39 is 0 Å². The second-order valence-corrected chi connectivity index (χ2v) is 4.13. The van der Waals surface area contributed by atoms with Crippen molar-refractivity contribution < 1.29 is 4.79 Å². The van der Waals surface area contributed by atoms with Crippen molar-refractivity contribution in [2.75, 3.05) is 20.1 Å². The number of hydrogen-bond donors (Lipinski definition) is 2. The van der Waals surface area contributed by atoms with Crippen LogP contribution in [0.25, 0.3) is 0 Å². The van der Waals surface area contributed by atoms with E-state index in [1.807, 2.05) is 0 Å². The van der Waals surface area contributed by atoms with Crippen LogP contribution in [0.2, 0.25) is 0 Å². The Balaban J connectivity index is 2.25. The largest absolute Gasteiger partial charge is 0.341 e. The molecule has 4 nitrogen and oxygen atoms in total. The third-order valence-corrected chi connectivity index (χ3v) is 2.82. The zero-order valence-electron chi connectivity index (χ0n) is 9.34. The van der Waals surface area contributed by atoms with Crippen molar-refractivity contribution in [2.45, 2.75) is 38.8 Å². The van der Waals surface area contributed by atoms with Gasteiger partial charge in [0.15, 0.2) is 0 Å². The molecular weight excluding hydrogens is 178 g/mol. The smallest absolute Gasteiger partial charge is 0.314 e. The molecule has 2 amide bonds. The molecule has 1 rings (SSSR count). The summed E-state index contributed by atoms with van der Waals surface area (Å²) in [4.78, 5) is 13.5. The SMILES string of the molecule is CNC(=O)NC1CCN(C(C)C)CC1. The number of amides is 2. The quantitative estimate of drug-likeness (QED) is 0.690. The first-order valence-electron chi connectivity index (χ1n) is 5.35. The third-order valence-electron chi connectivity index (χ3n) is 2.82. The topological polar surface area (TPSA) is 44.4 Å². The predicted molar refractivity (Wildman–Crippen MR) is 57.3 cm³/mol. The average molecular weight is 199 g/mol. The van der Waals surface area contributed by atoms with E-state index in [4.69, 9.17) is 0 Å². The summed E-state index contributed by atoms with van der Waals surface area (Å²) in [5.74, 6) is 0. The molecule has 0 aliphatic carbocycles. The van der Waals surface area contributed by atoms with Gasteiger partial charge in [0.2, 0.25) is 0 Å². The van der Waals surface area contributed by atoms with Gasteiger partial charge in [-0.15, -0.1) is 0 Å². The first kappa shape index (κ1) is 11.3. The highest BCUT2D eigenvalue weighted by molar-refractivity contribution is 5.73. The number of nitrogens with zero attached hydrogens (tertiary/aromatic N) is 1. The van der Waals surface area contributed by atoms with Gasteiger partial charge in [-0.25, -0.2) is 4.79 Å². The van der Waals surface area contributed by atoms with Gasteiger partial charge >= 0.3 is 6.03 Å². The number of carbonyl (C=O) groups excluding carboxylic acids is 1. The number of likely N-dealkylation sites (tertiary alicyclic amines) is 1. The second-order valence-electron chi connectivity index (χ2n) is 4.13. The number of rotatable bonds is 2. The van der Waals surface area contributed by atoms with E-state index in [1.165, 1.54) is 0 Å². The van der Waals surface area contributed by atoms with Crippen molar-refractivity contribution in [3.8, 4) is 0 Å². The lowest BCUT2D eigenvalue weighted by Crippen LogP contribution is -2.48. The predicted octanol–water partition coefficient (Wildman–Crippen LogP) is 0.788. The molecule has 0 aromatic carbocycles. The maximum absolute atomic E-state index is 11.1. The highest BCUT2D eigenvalue weighted by Gasteiger charge is 2.21. The zero-order valence-corrected chi connectivity index (χ0v) is 9.34. The number of carbonyl (C=O) groups is 1. The molecule has 0 saturated carbocycles. The minimum Gasteiger partial charge on any atom is -0.341 e. The first-order chi connectivity index (χ1) is 6.63. The zero-order chi connectivity index (χ0) is 10.6. The summed E-state index contributed by atoms with van der Waals surface area (Å²) in [5, 5.41) is 5.53. The minimum absolute atomic E-state index is 0.0620. The van der Waals surface area contributed by atoms with Crippen LogP contribution in [0.3, 0.4) is 0 Å². The van der Waals surface area contributed by atoms with E-state index in [-0.39, 0.29) is 6.03 Å². The van der Waals surface area contributed by atoms with Crippen LogP contribution in [-0.4, -0.2) is 43.2 Å². The fraction of sp³-hybridized carbons (Fsp3) is 0.900. The highest BCUT2D eigenvalue weighted by Crippen LogP contribution is 2.12. The van der Waals surface area contributed by atoms with E-state index >= 15 is 0 Å². The lowest BCUT2D eigenvalue weighted by atomic mass is 10.0. The number of hydrogen-bond acceptors (Lipinski definition) is 2. The van der Waals surface area contributed by atoms with Gasteiger partial charge in [0.05, 0.1) is 0 Å². The molecule has 1 heterocycles. The van der Waals surface area contributed by atoms with E-state index in [1.54, 1.807) is 7.05 Å². The molecule has 0 aromatic rings. The molecule has 1 saturated heterocycles. The molecule has 1 aliphatic rings. The number of nitrogens with one attached hydrogen (secondary N) is 2. The lowest BCUT2D eigenvalue weighted by molar-refractivity contribution is 0.161. The summed E-state index contributed by atoms with van der Waals surface area (Å²) in [6, 6.07) is 0.911. The molecular formula is C10H21N3O. The Morgan fingerprint density at radius 2 is 1.93 bits per heavy atom. The Bertz CT molecular complexity index is 186. The normalized spacial score (nSPS) is 19.7. The molecule has 0 aromatic heterocycles. The van der Waals surface area contributed by atoms with Crippen LogP contribution in [0.15, 0.2) is 0 Å². The fourth-order valence-corrected chi connectivity index (χ4v) is 1.82. The molecule has 0 atom stereocenters. The van der Waals surface area contributed by atoms with Gasteiger partial charge in [-0.05, 0) is 26.7 Å². The summed E-state index contributed by atoms with van der Waals surface area (Å²) in [6.07, 6.45) is 2.12. The molecule has 0 spiro atoms. The van der Waals surface area contributed by atoms with Crippen molar-refractivity contribution in [3.05, 3.63) is 0 Å². The van der Waals surface area contributed by atoms with Gasteiger partial charge in [-0.3, -0.25) is 0 Å². The molecule has 1 fully saturated rings. The van der Waals surface area contributed by atoms with Gasteiger partial charge in [0, 0.05) is 32.2 Å². The summed E-state index contributed by atoms with van der Waals surface area (Å²) in [5.41, 5.74) is 0. The monoisotopic (exact) mass is 199 g/mol. The van der Waals surface area contributed by atoms with Crippen molar-refractivity contribution >= 4 is 6.03 Å². The summed E-state index contributed by atoms with van der Waals surface area (Å²) < 4.78 is 0. The van der Waals surface area contributed by atoms with Gasteiger partial charge in [-0.2, -0.15) is 0 Å². The fourth-order valence-electron chi connectivity index (χ4n) is 1.82. The molecule has 0 bridgehead atoms. The Morgan fingerprint density at radius 3 is 2.36 bits per heavy atom. The van der Waals surface area contributed by atoms with Crippen LogP contribution in [0.5, 0.6) is 0 Å². The Kier molecular flexibility index (Phi) is 4.20. The van der Waals surface area contributed by atoms with Crippen LogP contribution in [0.4, 0.5) is 4.79 Å². The van der Waals surface area contributed by atoms with E-state index in [0.717, 1.165) is 25.9 Å². The van der Waals surface area contributed by atoms with E-state index in [9.17, 15) is 4.79 Å². The van der Waals surface area contributed by atoms with Crippen molar-refractivity contribution in [1.29, 1.82) is 0 Å². The molecule has 1 aliphatic heterocycles. The minimum atomic E-state index is -0.0620. The lowest BCUT2D eigenvalue weighted by Gasteiger charge is -2.34. The van der Waals surface area contributed by atoms with Crippen LogP contribution in [0.1, 0.15) is 26.7 Å². The van der Waals surface area contributed by atoms with Crippen LogP contribution in [-0.2, 0) is 0 Å². The average Bonchev–Trinajstić information content (AvgIpc) is 2.18. The van der Waals surface area contributed by atoms with E-state index in [0.29, 0.717) is 12.1 Å². The summed E-state index contributed by atoms with van der Waals surface area (Å²) in [6.45, 7) is 6.61. The van der Waals surface area contributed by atoms with Gasteiger partial charge in [0.1, 0.15) is 0 Å². The van der Waals surface area contributed by atoms with Gasteiger partial charge in [0.25, 0.3) is 0 Å². The van der Waals surface area contributed by atoms with Crippen molar-refractivity contribution in [2.24, 2.45) is 0 Å². The van der Waals surface area contributed by atoms with Gasteiger partial charge < -0.3 is 15.5 Å². The second kappa shape index (κ2) is 5.20. The van der Waals surface area contributed by atoms with Crippen LogP contribution >= 0.6 is 0 Å². The third kappa shape index (κ3) is 3.18. The molecule has 0 radical (unpaired) electrons. The maximum Gasteiger partial charge on any atom is 0.314 e. The molecule has 14 heavy (non-hydrogen) atoms. The highest BCUT2D eigenvalue weighted by atomic mass is 16.2. The Morgan fingerprint density at radius 1 is 1.36 bits per heavy atom. The van der Waals surface area contributed by atoms with Crippen LogP contribution < -0.4 is 10.6 Å². The van der Waals surface area contributed by atoms with Gasteiger partial charge in [-0.1, -0.05) is 0 Å².